The third kappa shape index (κ3) is 6.42. The molecule has 1 aromatic carbocycles. The Morgan fingerprint density at radius 2 is 1.84 bits per heavy atom. The second kappa shape index (κ2) is 11.1. The third-order valence-corrected chi connectivity index (χ3v) is 6.71. The SMILES string of the molecule is CCC(C)(C)c1cnc(C(C)=N)cn1.CCN(C)CCc1cc2c(C)c(S)oc2cc1C. The fraction of sp³-hybridized carbons (Fsp3) is 0.500. The largest absolute Gasteiger partial charge is 0.450 e. The highest BCUT2D eigenvalue weighted by molar-refractivity contribution is 7.80. The maximum Gasteiger partial charge on any atom is 0.161 e. The fourth-order valence-electron chi connectivity index (χ4n) is 3.19. The summed E-state index contributed by atoms with van der Waals surface area (Å²) in [5.74, 6) is 0. The minimum Gasteiger partial charge on any atom is -0.450 e. The van der Waals surface area contributed by atoms with Crippen molar-refractivity contribution >= 4 is 29.3 Å². The van der Waals surface area contributed by atoms with Gasteiger partial charge in [0.1, 0.15) is 11.3 Å². The average molecular weight is 455 g/mol. The van der Waals surface area contributed by atoms with Crippen molar-refractivity contribution in [2.45, 2.75) is 71.8 Å². The van der Waals surface area contributed by atoms with E-state index in [0.29, 0.717) is 11.4 Å². The molecule has 5 nitrogen and oxygen atoms in total. The molecular formula is C26H38N4OS. The van der Waals surface area contributed by atoms with Crippen LogP contribution in [-0.4, -0.2) is 40.7 Å². The van der Waals surface area contributed by atoms with Crippen LogP contribution in [0, 0.1) is 19.3 Å². The van der Waals surface area contributed by atoms with E-state index in [1.54, 1.807) is 19.3 Å². The van der Waals surface area contributed by atoms with Gasteiger partial charge in [-0.15, -0.1) is 12.6 Å². The lowest BCUT2D eigenvalue weighted by Crippen LogP contribution is -2.20. The Kier molecular flexibility index (Phi) is 9.05. The Balaban J connectivity index is 0.000000235. The summed E-state index contributed by atoms with van der Waals surface area (Å²) in [6.07, 6.45) is 5.56. The van der Waals surface area contributed by atoms with E-state index in [0.717, 1.165) is 47.9 Å². The van der Waals surface area contributed by atoms with Gasteiger partial charge in [-0.2, -0.15) is 0 Å². The third-order valence-electron chi connectivity index (χ3n) is 6.29. The lowest BCUT2D eigenvalue weighted by molar-refractivity contribution is 0.357. The normalized spacial score (nSPS) is 11.6. The maximum atomic E-state index is 7.40. The van der Waals surface area contributed by atoms with Crippen molar-refractivity contribution in [2.75, 3.05) is 20.1 Å². The van der Waals surface area contributed by atoms with Gasteiger partial charge >= 0.3 is 0 Å². The van der Waals surface area contributed by atoms with Crippen molar-refractivity contribution in [1.82, 2.24) is 14.9 Å². The summed E-state index contributed by atoms with van der Waals surface area (Å²) in [6.45, 7) is 16.7. The number of nitrogens with zero attached hydrogens (tertiary/aromatic N) is 3. The lowest BCUT2D eigenvalue weighted by atomic mass is 9.87. The van der Waals surface area contributed by atoms with E-state index in [9.17, 15) is 0 Å². The van der Waals surface area contributed by atoms with E-state index in [4.69, 9.17) is 9.83 Å². The standard InChI is InChI=1S/C15H21NOS.C11H17N3/c1-5-16(4)7-6-12-9-13-11(3)15(18)17-14(13)8-10(12)2;1-5-11(3,4)10-7-13-9(6-14-10)8(2)12/h8-9,18H,5-7H2,1-4H3;6-7,12H,5H2,1-4H3. The molecule has 6 heteroatoms. The molecule has 0 amide bonds. The van der Waals surface area contributed by atoms with Gasteiger partial charge in [-0.25, -0.2) is 0 Å². The second-order valence-electron chi connectivity index (χ2n) is 9.10. The van der Waals surface area contributed by atoms with Gasteiger partial charge in [0.05, 0.1) is 17.6 Å². The van der Waals surface area contributed by atoms with E-state index in [2.05, 4.69) is 88.2 Å². The molecule has 0 bridgehead atoms. The number of hydrogen-bond acceptors (Lipinski definition) is 6. The van der Waals surface area contributed by atoms with E-state index in [-0.39, 0.29) is 5.41 Å². The smallest absolute Gasteiger partial charge is 0.161 e. The van der Waals surface area contributed by atoms with Gasteiger partial charge in [-0.1, -0.05) is 27.7 Å². The van der Waals surface area contributed by atoms with Crippen molar-refractivity contribution in [3.63, 3.8) is 0 Å². The highest BCUT2D eigenvalue weighted by Gasteiger charge is 2.19. The van der Waals surface area contributed by atoms with Crippen molar-refractivity contribution in [2.24, 2.45) is 0 Å². The number of aromatic nitrogens is 2. The molecule has 0 saturated carbocycles. The number of furan rings is 1. The summed E-state index contributed by atoms with van der Waals surface area (Å²) in [5, 5.41) is 9.33. The lowest BCUT2D eigenvalue weighted by Gasteiger charge is -2.21. The molecule has 3 rings (SSSR count). The zero-order valence-corrected chi connectivity index (χ0v) is 21.7. The molecule has 0 aliphatic carbocycles. The number of thiol groups is 1. The topological polar surface area (TPSA) is 66.0 Å². The predicted octanol–water partition coefficient (Wildman–Crippen LogP) is 6.38. The zero-order chi connectivity index (χ0) is 24.1. The van der Waals surface area contributed by atoms with Crippen LogP contribution >= 0.6 is 12.6 Å². The molecule has 1 N–H and O–H groups in total. The van der Waals surface area contributed by atoms with Gasteiger partial charge in [-0.3, -0.25) is 9.97 Å². The first-order valence-corrected chi connectivity index (χ1v) is 11.7. The molecule has 2 aromatic heterocycles. The Morgan fingerprint density at radius 3 is 2.38 bits per heavy atom. The Morgan fingerprint density at radius 1 is 1.16 bits per heavy atom. The minimum absolute atomic E-state index is 0.0709. The summed E-state index contributed by atoms with van der Waals surface area (Å²) < 4.78 is 5.64. The summed E-state index contributed by atoms with van der Waals surface area (Å²) >= 11 is 4.35. The zero-order valence-electron chi connectivity index (χ0n) is 20.8. The average Bonchev–Trinajstić information content (AvgIpc) is 3.04. The van der Waals surface area contributed by atoms with Crippen molar-refractivity contribution in [3.05, 3.63) is 52.6 Å². The number of hydrogen-bond donors (Lipinski definition) is 2. The number of fused-ring (bicyclic) bond motifs is 1. The predicted molar refractivity (Wildman–Crippen MR) is 138 cm³/mol. The molecule has 0 fully saturated rings. The van der Waals surface area contributed by atoms with Crippen molar-refractivity contribution in [1.29, 1.82) is 5.41 Å². The van der Waals surface area contributed by atoms with Gasteiger partial charge in [0.15, 0.2) is 5.09 Å². The number of nitrogens with one attached hydrogen (secondary N) is 1. The number of benzene rings is 1. The molecule has 2 heterocycles. The van der Waals surface area contributed by atoms with Crippen LogP contribution in [0.2, 0.25) is 0 Å². The summed E-state index contributed by atoms with van der Waals surface area (Å²) in [7, 11) is 2.16. The summed E-state index contributed by atoms with van der Waals surface area (Å²) in [4.78, 5) is 10.9. The first-order valence-electron chi connectivity index (χ1n) is 11.3. The molecule has 0 unspecified atom stereocenters. The quantitative estimate of drug-likeness (QED) is 0.321. The molecule has 32 heavy (non-hydrogen) atoms. The maximum absolute atomic E-state index is 7.40. The van der Waals surface area contributed by atoms with E-state index < -0.39 is 0 Å². The van der Waals surface area contributed by atoms with E-state index in [1.165, 1.54) is 16.5 Å². The molecule has 3 aromatic rings. The second-order valence-corrected chi connectivity index (χ2v) is 9.51. The summed E-state index contributed by atoms with van der Waals surface area (Å²) in [5.41, 5.74) is 6.96. The molecule has 174 valence electrons. The first-order chi connectivity index (χ1) is 15.0. The molecule has 0 aliphatic heterocycles. The monoisotopic (exact) mass is 454 g/mol. The van der Waals surface area contributed by atoms with E-state index in [1.807, 2.05) is 0 Å². The van der Waals surface area contributed by atoms with Crippen LogP contribution < -0.4 is 0 Å². The number of likely N-dealkylation sites (N-methyl/N-ethyl adjacent to an activating group) is 1. The van der Waals surface area contributed by atoms with Crippen LogP contribution in [-0.2, 0) is 11.8 Å². The van der Waals surface area contributed by atoms with Gasteiger partial charge in [0, 0.05) is 29.1 Å². The molecule has 0 saturated heterocycles. The van der Waals surface area contributed by atoms with Crippen molar-refractivity contribution < 1.29 is 4.42 Å². The highest BCUT2D eigenvalue weighted by atomic mass is 32.1. The van der Waals surface area contributed by atoms with Gasteiger partial charge in [0.25, 0.3) is 0 Å². The Hall–Kier alpha value is -2.18. The Labute approximate surface area is 198 Å². The molecule has 0 spiro atoms. The highest BCUT2D eigenvalue weighted by Crippen LogP contribution is 2.30. The molecular weight excluding hydrogens is 416 g/mol. The van der Waals surface area contributed by atoms with Crippen LogP contribution in [0.4, 0.5) is 0 Å². The number of aryl methyl sites for hydroxylation is 2. The van der Waals surface area contributed by atoms with Crippen molar-refractivity contribution in [3.8, 4) is 0 Å². The van der Waals surface area contributed by atoms with Crippen LogP contribution in [0.1, 0.15) is 69.1 Å². The van der Waals surface area contributed by atoms with Gasteiger partial charge in [0.2, 0.25) is 0 Å². The van der Waals surface area contributed by atoms with Crippen LogP contribution in [0.3, 0.4) is 0 Å². The summed E-state index contributed by atoms with van der Waals surface area (Å²) in [6, 6.07) is 4.38. The van der Waals surface area contributed by atoms with Gasteiger partial charge < -0.3 is 14.7 Å². The van der Waals surface area contributed by atoms with Gasteiger partial charge in [-0.05, 0) is 70.5 Å². The van der Waals surface area contributed by atoms with Crippen LogP contribution in [0.25, 0.3) is 11.0 Å². The number of rotatable bonds is 7. The molecule has 0 radical (unpaired) electrons. The van der Waals surface area contributed by atoms with Crippen LogP contribution in [0.15, 0.2) is 34.0 Å². The minimum atomic E-state index is 0.0709. The Bertz CT molecular complexity index is 1050. The first kappa shape index (κ1) is 26.1. The van der Waals surface area contributed by atoms with Crippen LogP contribution in [0.5, 0.6) is 0 Å². The molecule has 0 aliphatic rings. The van der Waals surface area contributed by atoms with E-state index >= 15 is 0 Å². The fourth-order valence-corrected chi connectivity index (χ4v) is 3.41. The molecule has 0 atom stereocenters.